The molecule has 1 aromatic rings. The molecule has 1 rings (SSSR count). The largest absolute Gasteiger partial charge is 0.478 e. The number of para-hydroxylation sites is 1. The van der Waals surface area contributed by atoms with Gasteiger partial charge in [-0.25, -0.2) is 4.79 Å². The molecule has 0 radical (unpaired) electrons. The molecule has 0 aliphatic carbocycles. The predicted octanol–water partition coefficient (Wildman–Crippen LogP) is 8.89. The van der Waals surface area contributed by atoms with Crippen LogP contribution in [0.15, 0.2) is 36.4 Å². The van der Waals surface area contributed by atoms with Crippen molar-refractivity contribution in [3.8, 4) is 5.75 Å². The summed E-state index contributed by atoms with van der Waals surface area (Å²) in [5.74, 6) is -1.31. The molecule has 1 aromatic carbocycles. The van der Waals surface area contributed by atoms with Gasteiger partial charge in [0.25, 0.3) is 0 Å². The number of carbonyl (C=O) groups is 2. The summed E-state index contributed by atoms with van der Waals surface area (Å²) in [4.78, 5) is 23.1. The Morgan fingerprint density at radius 1 is 0.727 bits per heavy atom. The number of hydrogen-bond donors (Lipinski definition) is 1. The van der Waals surface area contributed by atoms with Crippen molar-refractivity contribution in [2.24, 2.45) is 0 Å². The van der Waals surface area contributed by atoms with Crippen molar-refractivity contribution in [1.82, 2.24) is 0 Å². The summed E-state index contributed by atoms with van der Waals surface area (Å²) in [5.41, 5.74) is 0.0232. The fourth-order valence-corrected chi connectivity index (χ4v) is 3.95. The smallest absolute Gasteiger partial charge is 0.339 e. The maximum Gasteiger partial charge on any atom is 0.339 e. The summed E-state index contributed by atoms with van der Waals surface area (Å²) in [7, 11) is 0. The Labute approximate surface area is 201 Å². The minimum Gasteiger partial charge on any atom is -0.478 e. The van der Waals surface area contributed by atoms with Gasteiger partial charge in [0.05, 0.1) is 0 Å². The van der Waals surface area contributed by atoms with E-state index in [1.165, 1.54) is 102 Å². The Morgan fingerprint density at radius 3 is 1.76 bits per heavy atom. The summed E-state index contributed by atoms with van der Waals surface area (Å²) in [6, 6.07) is 6.26. The van der Waals surface area contributed by atoms with E-state index in [4.69, 9.17) is 9.84 Å². The van der Waals surface area contributed by atoms with Gasteiger partial charge in [-0.2, -0.15) is 0 Å². The van der Waals surface area contributed by atoms with Gasteiger partial charge < -0.3 is 9.84 Å². The molecule has 4 nitrogen and oxygen atoms in total. The second kappa shape index (κ2) is 20.5. The zero-order chi connectivity index (χ0) is 24.0. The van der Waals surface area contributed by atoms with Crippen molar-refractivity contribution in [3.63, 3.8) is 0 Å². The zero-order valence-corrected chi connectivity index (χ0v) is 20.9. The molecule has 0 spiro atoms. The van der Waals surface area contributed by atoms with E-state index in [1.807, 2.05) is 0 Å². The second-order valence-corrected chi connectivity index (χ2v) is 9.02. The first-order valence-corrected chi connectivity index (χ1v) is 13.3. The second-order valence-electron chi connectivity index (χ2n) is 9.02. The molecule has 0 saturated heterocycles. The number of ether oxygens (including phenoxy) is 1. The molecule has 0 amide bonds. The third-order valence-corrected chi connectivity index (χ3v) is 5.98. The van der Waals surface area contributed by atoms with Gasteiger partial charge in [-0.1, -0.05) is 108 Å². The molecule has 186 valence electrons. The maximum absolute atomic E-state index is 11.9. The van der Waals surface area contributed by atoms with Crippen LogP contribution in [0.3, 0.4) is 0 Å². The third kappa shape index (κ3) is 16.2. The van der Waals surface area contributed by atoms with Crippen LogP contribution in [-0.4, -0.2) is 17.0 Å². The van der Waals surface area contributed by atoms with Gasteiger partial charge in [-0.05, 0) is 44.2 Å². The van der Waals surface area contributed by atoms with E-state index < -0.39 is 5.97 Å². The molecule has 33 heavy (non-hydrogen) atoms. The average Bonchev–Trinajstić information content (AvgIpc) is 2.80. The number of carbonyl (C=O) groups excluding carboxylic acids is 1. The van der Waals surface area contributed by atoms with Crippen LogP contribution >= 0.6 is 0 Å². The molecule has 0 atom stereocenters. The predicted molar refractivity (Wildman–Crippen MR) is 137 cm³/mol. The van der Waals surface area contributed by atoms with Crippen molar-refractivity contribution in [3.05, 3.63) is 42.0 Å². The Kier molecular flexibility index (Phi) is 18.0. The van der Waals surface area contributed by atoms with Gasteiger partial charge in [-0.3, -0.25) is 4.79 Å². The Balaban J connectivity index is 1.87. The lowest BCUT2D eigenvalue weighted by Gasteiger charge is -2.07. The molecule has 0 fully saturated rings. The number of allylic oxidation sites excluding steroid dienone is 2. The minimum absolute atomic E-state index is 0.0232. The van der Waals surface area contributed by atoms with Crippen LogP contribution in [0.1, 0.15) is 133 Å². The molecule has 0 aromatic heterocycles. The van der Waals surface area contributed by atoms with Crippen LogP contribution in [0, 0.1) is 0 Å². The van der Waals surface area contributed by atoms with Gasteiger partial charge in [-0.15, -0.1) is 0 Å². The normalized spacial score (nSPS) is 11.2. The molecule has 4 heteroatoms. The highest BCUT2D eigenvalue weighted by atomic mass is 16.5. The number of rotatable bonds is 21. The lowest BCUT2D eigenvalue weighted by Crippen LogP contribution is -2.10. The van der Waals surface area contributed by atoms with Crippen LogP contribution in [0.2, 0.25) is 0 Å². The maximum atomic E-state index is 11.9. The van der Waals surface area contributed by atoms with E-state index in [-0.39, 0.29) is 17.3 Å². The number of esters is 1. The van der Waals surface area contributed by atoms with Crippen LogP contribution in [0.5, 0.6) is 5.75 Å². The van der Waals surface area contributed by atoms with Gasteiger partial charge in [0.2, 0.25) is 0 Å². The molecule has 0 saturated carbocycles. The van der Waals surface area contributed by atoms with Crippen LogP contribution in [0.25, 0.3) is 0 Å². The highest BCUT2D eigenvalue weighted by molar-refractivity contribution is 5.91. The topological polar surface area (TPSA) is 63.6 Å². The summed E-state index contributed by atoms with van der Waals surface area (Å²) in [6.45, 7) is 2.27. The average molecular weight is 459 g/mol. The standard InChI is InChI=1S/C29H46O4/c1-2-3-4-5-6-7-8-9-10-11-12-13-14-15-16-17-18-19-20-25-28(30)33-27-24-22-21-23-26(27)29(31)32/h9-10,21-24H,2-8,11-20,25H2,1H3,(H,31,32)/b10-9+. The number of hydrogen-bond acceptors (Lipinski definition) is 3. The third-order valence-electron chi connectivity index (χ3n) is 5.98. The fourth-order valence-electron chi connectivity index (χ4n) is 3.95. The Hall–Kier alpha value is -2.10. The first-order chi connectivity index (χ1) is 16.1. The van der Waals surface area contributed by atoms with Crippen LogP contribution < -0.4 is 4.74 Å². The molecule has 0 heterocycles. The SMILES string of the molecule is CCCCCCCC/C=C/CCCCCCCCCCCC(=O)Oc1ccccc1C(=O)O. The molecule has 0 bridgehead atoms. The van der Waals surface area contributed by atoms with Gasteiger partial charge in [0, 0.05) is 6.42 Å². The van der Waals surface area contributed by atoms with Crippen molar-refractivity contribution >= 4 is 11.9 Å². The number of aromatic carboxylic acids is 1. The highest BCUT2D eigenvalue weighted by Crippen LogP contribution is 2.19. The lowest BCUT2D eigenvalue weighted by molar-refractivity contribution is -0.134. The molecular formula is C29H46O4. The number of carboxylic acids is 1. The van der Waals surface area contributed by atoms with E-state index in [0.29, 0.717) is 6.42 Å². The quantitative estimate of drug-likeness (QED) is 0.0864. The van der Waals surface area contributed by atoms with Crippen LogP contribution in [0.4, 0.5) is 0 Å². The van der Waals surface area contributed by atoms with Crippen molar-refractivity contribution in [2.45, 2.75) is 122 Å². The zero-order valence-electron chi connectivity index (χ0n) is 20.9. The molecule has 0 unspecified atom stereocenters. The number of unbranched alkanes of at least 4 members (excludes halogenated alkanes) is 15. The summed E-state index contributed by atoms with van der Waals surface area (Å²) < 4.78 is 5.22. The first kappa shape index (κ1) is 28.9. The van der Waals surface area contributed by atoms with Crippen molar-refractivity contribution in [2.75, 3.05) is 0 Å². The molecule has 1 N–H and O–H groups in total. The first-order valence-electron chi connectivity index (χ1n) is 13.3. The van der Waals surface area contributed by atoms with E-state index in [1.54, 1.807) is 12.1 Å². The highest BCUT2D eigenvalue weighted by Gasteiger charge is 2.13. The summed E-state index contributed by atoms with van der Waals surface area (Å²) >= 11 is 0. The van der Waals surface area contributed by atoms with Gasteiger partial charge in [0.15, 0.2) is 0 Å². The monoisotopic (exact) mass is 458 g/mol. The summed E-state index contributed by atoms with van der Waals surface area (Å²) in [5, 5.41) is 9.13. The fraction of sp³-hybridized carbons (Fsp3) is 0.655. The van der Waals surface area contributed by atoms with E-state index >= 15 is 0 Å². The lowest BCUT2D eigenvalue weighted by atomic mass is 10.1. The van der Waals surface area contributed by atoms with Gasteiger partial charge >= 0.3 is 11.9 Å². The van der Waals surface area contributed by atoms with Crippen molar-refractivity contribution in [1.29, 1.82) is 0 Å². The number of carboxylic acid groups (broad SMARTS) is 1. The molecule has 0 aliphatic rings. The molecular weight excluding hydrogens is 412 g/mol. The van der Waals surface area contributed by atoms with E-state index in [2.05, 4.69) is 19.1 Å². The minimum atomic E-state index is -1.08. The van der Waals surface area contributed by atoms with Crippen molar-refractivity contribution < 1.29 is 19.4 Å². The Bertz CT molecular complexity index is 665. The summed E-state index contributed by atoms with van der Waals surface area (Å²) in [6.07, 6.45) is 26.5. The number of benzene rings is 1. The molecule has 0 aliphatic heterocycles. The van der Waals surface area contributed by atoms with E-state index in [0.717, 1.165) is 19.3 Å². The van der Waals surface area contributed by atoms with Crippen LogP contribution in [-0.2, 0) is 4.79 Å². The van der Waals surface area contributed by atoms with E-state index in [9.17, 15) is 9.59 Å². The Morgan fingerprint density at radius 2 is 1.21 bits per heavy atom. The van der Waals surface area contributed by atoms with Gasteiger partial charge in [0.1, 0.15) is 11.3 Å².